The molecule has 0 saturated carbocycles. The third-order valence-electron chi connectivity index (χ3n) is 3.02. The van der Waals surface area contributed by atoms with Gasteiger partial charge in [-0.3, -0.25) is 0 Å². The van der Waals surface area contributed by atoms with Crippen LogP contribution in [0.4, 0.5) is 0 Å². The van der Waals surface area contributed by atoms with E-state index in [1.54, 1.807) is 0 Å². The average molecular weight is 211 g/mol. The quantitative estimate of drug-likeness (QED) is 0.812. The average Bonchev–Trinajstić information content (AvgIpc) is 2.70. The molecule has 1 aromatic heterocycles. The van der Waals surface area contributed by atoms with E-state index in [1.807, 2.05) is 13.8 Å². The minimum absolute atomic E-state index is 0.360. The van der Waals surface area contributed by atoms with Crippen molar-refractivity contribution in [3.8, 4) is 0 Å². The van der Waals surface area contributed by atoms with E-state index in [0.717, 1.165) is 25.2 Å². The SMILES string of the molecule is CCC(CC)c1nc(C(C)(N)CC)no1. The van der Waals surface area contributed by atoms with Crippen molar-refractivity contribution in [2.24, 2.45) is 5.73 Å². The lowest BCUT2D eigenvalue weighted by molar-refractivity contribution is 0.330. The van der Waals surface area contributed by atoms with Crippen molar-refractivity contribution < 1.29 is 4.52 Å². The predicted molar refractivity (Wildman–Crippen MR) is 59.5 cm³/mol. The Kier molecular flexibility index (Phi) is 3.85. The molecule has 0 aliphatic carbocycles. The molecule has 86 valence electrons. The van der Waals surface area contributed by atoms with Crippen molar-refractivity contribution in [1.82, 2.24) is 10.1 Å². The summed E-state index contributed by atoms with van der Waals surface area (Å²) in [6.45, 7) is 8.20. The molecular weight excluding hydrogens is 190 g/mol. The van der Waals surface area contributed by atoms with Crippen LogP contribution in [-0.4, -0.2) is 10.1 Å². The molecule has 1 atom stereocenters. The second kappa shape index (κ2) is 4.75. The van der Waals surface area contributed by atoms with Gasteiger partial charge in [0.25, 0.3) is 0 Å². The summed E-state index contributed by atoms with van der Waals surface area (Å²) in [5.74, 6) is 1.70. The Balaban J connectivity index is 2.89. The van der Waals surface area contributed by atoms with Crippen molar-refractivity contribution in [3.05, 3.63) is 11.7 Å². The Morgan fingerprint density at radius 1 is 1.33 bits per heavy atom. The van der Waals surface area contributed by atoms with Crippen LogP contribution in [0.15, 0.2) is 4.52 Å². The second-order valence-corrected chi connectivity index (χ2v) is 4.24. The minimum Gasteiger partial charge on any atom is -0.339 e. The fraction of sp³-hybridized carbons (Fsp3) is 0.818. The van der Waals surface area contributed by atoms with Crippen molar-refractivity contribution >= 4 is 0 Å². The van der Waals surface area contributed by atoms with E-state index < -0.39 is 5.54 Å². The summed E-state index contributed by atoms with van der Waals surface area (Å²) in [4.78, 5) is 4.39. The van der Waals surface area contributed by atoms with Gasteiger partial charge < -0.3 is 10.3 Å². The third-order valence-corrected chi connectivity index (χ3v) is 3.02. The molecule has 0 saturated heterocycles. The molecule has 1 unspecified atom stereocenters. The first-order valence-electron chi connectivity index (χ1n) is 5.68. The van der Waals surface area contributed by atoms with Crippen LogP contribution >= 0.6 is 0 Å². The summed E-state index contributed by atoms with van der Waals surface area (Å²) < 4.78 is 5.26. The summed E-state index contributed by atoms with van der Waals surface area (Å²) in [7, 11) is 0. The van der Waals surface area contributed by atoms with Crippen LogP contribution in [0.5, 0.6) is 0 Å². The van der Waals surface area contributed by atoms with Crippen LogP contribution in [0.3, 0.4) is 0 Å². The number of rotatable bonds is 5. The standard InChI is InChI=1S/C11H21N3O/c1-5-8(6-2)9-13-10(14-15-9)11(4,12)7-3/h8H,5-7,12H2,1-4H3. The van der Waals surface area contributed by atoms with E-state index >= 15 is 0 Å². The molecule has 2 N–H and O–H groups in total. The zero-order valence-electron chi connectivity index (χ0n) is 10.1. The Morgan fingerprint density at radius 2 is 1.93 bits per heavy atom. The first kappa shape index (κ1) is 12.2. The smallest absolute Gasteiger partial charge is 0.229 e. The molecule has 0 aliphatic rings. The van der Waals surface area contributed by atoms with Gasteiger partial charge in [-0.1, -0.05) is 25.9 Å². The van der Waals surface area contributed by atoms with Gasteiger partial charge in [0, 0.05) is 5.92 Å². The van der Waals surface area contributed by atoms with Crippen LogP contribution in [0.1, 0.15) is 64.6 Å². The van der Waals surface area contributed by atoms with Gasteiger partial charge in [-0.25, -0.2) is 0 Å². The fourth-order valence-electron chi connectivity index (χ4n) is 1.43. The second-order valence-electron chi connectivity index (χ2n) is 4.24. The van der Waals surface area contributed by atoms with Crippen LogP contribution in [0.2, 0.25) is 0 Å². The highest BCUT2D eigenvalue weighted by Crippen LogP contribution is 2.24. The fourth-order valence-corrected chi connectivity index (χ4v) is 1.43. The van der Waals surface area contributed by atoms with Crippen molar-refractivity contribution in [3.63, 3.8) is 0 Å². The Hall–Kier alpha value is -0.900. The van der Waals surface area contributed by atoms with Gasteiger partial charge in [0.1, 0.15) is 0 Å². The van der Waals surface area contributed by atoms with E-state index in [-0.39, 0.29) is 0 Å². The normalized spacial score (nSPS) is 15.6. The van der Waals surface area contributed by atoms with Gasteiger partial charge >= 0.3 is 0 Å². The van der Waals surface area contributed by atoms with Crippen LogP contribution in [0.25, 0.3) is 0 Å². The Morgan fingerprint density at radius 3 is 2.40 bits per heavy atom. The molecule has 0 aromatic carbocycles. The molecule has 0 amide bonds. The van der Waals surface area contributed by atoms with Crippen molar-refractivity contribution in [2.75, 3.05) is 0 Å². The highest BCUT2D eigenvalue weighted by atomic mass is 16.5. The van der Waals surface area contributed by atoms with E-state index in [2.05, 4.69) is 24.0 Å². The predicted octanol–water partition coefficient (Wildman–Crippen LogP) is 2.56. The molecule has 0 radical (unpaired) electrons. The highest BCUT2D eigenvalue weighted by Gasteiger charge is 2.26. The molecule has 0 aliphatic heterocycles. The molecule has 1 aromatic rings. The lowest BCUT2D eigenvalue weighted by atomic mass is 9.99. The minimum atomic E-state index is -0.478. The monoisotopic (exact) mass is 211 g/mol. The summed E-state index contributed by atoms with van der Waals surface area (Å²) in [6.07, 6.45) is 2.84. The Labute approximate surface area is 91.2 Å². The lowest BCUT2D eigenvalue weighted by Gasteiger charge is -2.16. The van der Waals surface area contributed by atoms with Gasteiger partial charge in [-0.15, -0.1) is 0 Å². The number of hydrogen-bond donors (Lipinski definition) is 1. The molecule has 1 rings (SSSR count). The topological polar surface area (TPSA) is 64.9 Å². The van der Waals surface area contributed by atoms with E-state index in [1.165, 1.54) is 0 Å². The maximum atomic E-state index is 6.05. The molecule has 1 heterocycles. The first-order valence-corrected chi connectivity index (χ1v) is 5.68. The maximum Gasteiger partial charge on any atom is 0.229 e. The molecule has 0 spiro atoms. The van der Waals surface area contributed by atoms with Crippen LogP contribution in [0, 0.1) is 0 Å². The van der Waals surface area contributed by atoms with E-state index in [9.17, 15) is 0 Å². The maximum absolute atomic E-state index is 6.05. The van der Waals surface area contributed by atoms with Gasteiger partial charge in [0.2, 0.25) is 5.89 Å². The van der Waals surface area contributed by atoms with Crippen LogP contribution < -0.4 is 5.73 Å². The van der Waals surface area contributed by atoms with Gasteiger partial charge in [0.15, 0.2) is 5.82 Å². The molecule has 0 bridgehead atoms. The molecule has 0 fully saturated rings. The molecule has 4 nitrogen and oxygen atoms in total. The van der Waals surface area contributed by atoms with Gasteiger partial charge in [0.05, 0.1) is 5.54 Å². The third kappa shape index (κ3) is 2.56. The zero-order valence-corrected chi connectivity index (χ0v) is 10.1. The van der Waals surface area contributed by atoms with E-state index in [0.29, 0.717) is 11.7 Å². The first-order chi connectivity index (χ1) is 7.05. The summed E-state index contributed by atoms with van der Waals surface area (Å²) in [5, 5.41) is 3.96. The lowest BCUT2D eigenvalue weighted by Crippen LogP contribution is -2.33. The zero-order chi connectivity index (χ0) is 11.5. The van der Waals surface area contributed by atoms with Crippen molar-refractivity contribution in [2.45, 2.75) is 58.4 Å². The van der Waals surface area contributed by atoms with Gasteiger partial charge in [-0.05, 0) is 26.2 Å². The molecule has 15 heavy (non-hydrogen) atoms. The molecule has 4 heteroatoms. The number of hydrogen-bond acceptors (Lipinski definition) is 4. The number of aromatic nitrogens is 2. The van der Waals surface area contributed by atoms with Gasteiger partial charge in [-0.2, -0.15) is 4.98 Å². The highest BCUT2D eigenvalue weighted by molar-refractivity contribution is 5.03. The largest absolute Gasteiger partial charge is 0.339 e. The Bertz CT molecular complexity index is 303. The van der Waals surface area contributed by atoms with E-state index in [4.69, 9.17) is 10.3 Å². The summed E-state index contributed by atoms with van der Waals surface area (Å²) in [5.41, 5.74) is 5.57. The summed E-state index contributed by atoms with van der Waals surface area (Å²) in [6, 6.07) is 0. The van der Waals surface area contributed by atoms with Crippen LogP contribution in [-0.2, 0) is 5.54 Å². The van der Waals surface area contributed by atoms with Crippen molar-refractivity contribution in [1.29, 1.82) is 0 Å². The molecular formula is C11H21N3O. The summed E-state index contributed by atoms with van der Waals surface area (Å²) >= 11 is 0. The number of nitrogens with zero attached hydrogens (tertiary/aromatic N) is 2. The number of nitrogens with two attached hydrogens (primary N) is 1.